The van der Waals surface area contributed by atoms with E-state index in [2.05, 4.69) is 24.9 Å². The Hall–Kier alpha value is -2.55. The number of aliphatic hydroxyl groups is 1. The molecule has 25 heavy (non-hydrogen) atoms. The average Bonchev–Trinajstić information content (AvgIpc) is 3.00. The number of aromatic nitrogens is 4. The van der Waals surface area contributed by atoms with Gasteiger partial charge in [-0.3, -0.25) is 4.79 Å². The average molecular weight is 346 g/mol. The Morgan fingerprint density at radius 3 is 2.84 bits per heavy atom. The van der Waals surface area contributed by atoms with Gasteiger partial charge < -0.3 is 14.9 Å². The summed E-state index contributed by atoms with van der Waals surface area (Å²) in [5.74, 6) is 0.458. The second-order valence-corrected chi connectivity index (χ2v) is 6.52. The van der Waals surface area contributed by atoms with Crippen molar-refractivity contribution in [3.63, 3.8) is 0 Å². The van der Waals surface area contributed by atoms with Gasteiger partial charge in [0.1, 0.15) is 11.4 Å². The van der Waals surface area contributed by atoms with Crippen molar-refractivity contribution in [1.29, 1.82) is 0 Å². The highest BCUT2D eigenvalue weighted by Crippen LogP contribution is 2.24. The molecule has 1 atom stereocenters. The van der Waals surface area contributed by atoms with Crippen molar-refractivity contribution in [3.8, 4) is 0 Å². The van der Waals surface area contributed by atoms with Gasteiger partial charge in [0.15, 0.2) is 0 Å². The van der Waals surface area contributed by atoms with Gasteiger partial charge >= 0.3 is 0 Å². The first kappa shape index (κ1) is 17.3. The largest absolute Gasteiger partial charge is 0.386 e. The lowest BCUT2D eigenvalue weighted by Gasteiger charge is -2.41. The Bertz CT molecular complexity index is 722. The molecular formula is C16H22N6O3. The zero-order valence-electron chi connectivity index (χ0n) is 14.4. The first-order chi connectivity index (χ1) is 12.0. The van der Waals surface area contributed by atoms with Crippen molar-refractivity contribution in [2.75, 3.05) is 31.6 Å². The minimum absolute atomic E-state index is 0.105. The molecular weight excluding hydrogens is 324 g/mol. The molecule has 1 aliphatic rings. The van der Waals surface area contributed by atoms with Gasteiger partial charge in [0.25, 0.3) is 0 Å². The van der Waals surface area contributed by atoms with E-state index in [0.29, 0.717) is 30.3 Å². The molecule has 0 aliphatic carbocycles. The lowest BCUT2D eigenvalue weighted by molar-refractivity contribution is -0.132. The fraction of sp³-hybridized carbons (Fsp3) is 0.562. The molecule has 0 spiro atoms. The van der Waals surface area contributed by atoms with E-state index in [1.165, 1.54) is 4.90 Å². The summed E-state index contributed by atoms with van der Waals surface area (Å²) in [5.41, 5.74) is 0.122. The van der Waals surface area contributed by atoms with Crippen LogP contribution in [0.5, 0.6) is 0 Å². The normalized spacial score (nSPS) is 20.5. The highest BCUT2D eigenvalue weighted by atomic mass is 16.6. The molecule has 0 bridgehead atoms. The fourth-order valence-electron chi connectivity index (χ4n) is 3.08. The molecule has 9 heteroatoms. The molecule has 1 fully saturated rings. The minimum Gasteiger partial charge on any atom is -0.386 e. The molecule has 3 rings (SSSR count). The number of hydrogen-bond donors (Lipinski definition) is 1. The first-order valence-electron chi connectivity index (χ1n) is 8.23. The van der Waals surface area contributed by atoms with E-state index in [0.717, 1.165) is 13.0 Å². The smallest absolute Gasteiger partial charge is 0.228 e. The van der Waals surface area contributed by atoms with Crippen LogP contribution in [-0.4, -0.2) is 68.5 Å². The maximum Gasteiger partial charge on any atom is 0.228 e. The van der Waals surface area contributed by atoms with Gasteiger partial charge in [-0.25, -0.2) is 14.6 Å². The Morgan fingerprint density at radius 1 is 1.40 bits per heavy atom. The predicted molar refractivity (Wildman–Crippen MR) is 88.8 cm³/mol. The zero-order valence-corrected chi connectivity index (χ0v) is 14.4. The third kappa shape index (κ3) is 4.11. The van der Waals surface area contributed by atoms with Gasteiger partial charge in [-0.15, -0.1) is 0 Å². The van der Waals surface area contributed by atoms with Crippen molar-refractivity contribution in [3.05, 3.63) is 29.8 Å². The van der Waals surface area contributed by atoms with Gasteiger partial charge in [0.2, 0.25) is 11.9 Å². The van der Waals surface area contributed by atoms with Crippen molar-refractivity contribution < 1.29 is 14.5 Å². The fourth-order valence-corrected chi connectivity index (χ4v) is 3.08. The standard InChI is InChI=1S/C16H22N6O3/c1-12-13(20-25-19-12)9-14(23)21(2)10-16(24)5-3-8-22(11-16)15-17-6-4-7-18-15/h4,6-7,24H,3,5,8-11H2,1-2H3/t16-/m1/s1. The van der Waals surface area contributed by atoms with Crippen LogP contribution < -0.4 is 4.90 Å². The highest BCUT2D eigenvalue weighted by molar-refractivity contribution is 5.78. The van der Waals surface area contributed by atoms with Gasteiger partial charge in [-0.05, 0) is 25.8 Å². The molecule has 0 aromatic carbocycles. The van der Waals surface area contributed by atoms with Crippen LogP contribution in [0.2, 0.25) is 0 Å². The number of nitrogens with zero attached hydrogens (tertiary/aromatic N) is 6. The molecule has 1 saturated heterocycles. The summed E-state index contributed by atoms with van der Waals surface area (Å²) in [6, 6.07) is 1.76. The number of likely N-dealkylation sites (N-methyl/N-ethyl adjacent to an activating group) is 1. The molecule has 0 unspecified atom stereocenters. The van der Waals surface area contributed by atoms with Crippen molar-refractivity contribution >= 4 is 11.9 Å². The molecule has 0 radical (unpaired) electrons. The molecule has 1 amide bonds. The topological polar surface area (TPSA) is 108 Å². The van der Waals surface area contributed by atoms with Gasteiger partial charge in [-0.2, -0.15) is 0 Å². The third-order valence-electron chi connectivity index (χ3n) is 4.41. The number of carbonyl (C=O) groups is 1. The first-order valence-corrected chi connectivity index (χ1v) is 8.23. The summed E-state index contributed by atoms with van der Waals surface area (Å²) in [6.45, 7) is 3.15. The van der Waals surface area contributed by atoms with Crippen LogP contribution in [0.3, 0.4) is 0 Å². The Labute approximate surface area is 145 Å². The summed E-state index contributed by atoms with van der Waals surface area (Å²) in [4.78, 5) is 24.4. The van der Waals surface area contributed by atoms with Crippen LogP contribution in [0.25, 0.3) is 0 Å². The summed E-state index contributed by atoms with van der Waals surface area (Å²) >= 11 is 0. The van der Waals surface area contributed by atoms with Crippen LogP contribution in [0, 0.1) is 6.92 Å². The number of carbonyl (C=O) groups excluding carboxylic acids is 1. The van der Waals surface area contributed by atoms with Gasteiger partial charge in [-0.1, -0.05) is 10.3 Å². The van der Waals surface area contributed by atoms with Crippen LogP contribution in [-0.2, 0) is 11.2 Å². The van der Waals surface area contributed by atoms with Gasteiger partial charge in [0, 0.05) is 26.0 Å². The minimum atomic E-state index is -1.00. The zero-order chi connectivity index (χ0) is 17.9. The maximum atomic E-state index is 12.4. The third-order valence-corrected chi connectivity index (χ3v) is 4.41. The Balaban J connectivity index is 1.62. The van der Waals surface area contributed by atoms with E-state index >= 15 is 0 Å². The second kappa shape index (κ2) is 7.14. The SMILES string of the molecule is Cc1nonc1CC(=O)N(C)C[C@]1(O)CCCN(c2ncccn2)C1. The molecule has 2 aromatic rings. The number of rotatable bonds is 5. The molecule has 9 nitrogen and oxygen atoms in total. The van der Waals surface area contributed by atoms with Crippen molar-refractivity contribution in [1.82, 2.24) is 25.2 Å². The van der Waals surface area contributed by atoms with E-state index < -0.39 is 5.60 Å². The molecule has 2 aromatic heterocycles. The molecule has 3 heterocycles. The second-order valence-electron chi connectivity index (χ2n) is 6.52. The van der Waals surface area contributed by atoms with Crippen LogP contribution >= 0.6 is 0 Å². The van der Waals surface area contributed by atoms with Crippen molar-refractivity contribution in [2.24, 2.45) is 0 Å². The molecule has 134 valence electrons. The number of anilines is 1. The molecule has 1 N–H and O–H groups in total. The number of hydrogen-bond acceptors (Lipinski definition) is 8. The van der Waals surface area contributed by atoms with E-state index in [9.17, 15) is 9.90 Å². The summed E-state index contributed by atoms with van der Waals surface area (Å²) in [6.07, 6.45) is 4.90. The lowest BCUT2D eigenvalue weighted by atomic mass is 9.92. The molecule has 1 aliphatic heterocycles. The van der Waals surface area contributed by atoms with E-state index in [-0.39, 0.29) is 18.9 Å². The van der Waals surface area contributed by atoms with E-state index in [4.69, 9.17) is 0 Å². The number of piperidine rings is 1. The van der Waals surface area contributed by atoms with E-state index in [1.807, 2.05) is 4.90 Å². The summed E-state index contributed by atoms with van der Waals surface area (Å²) in [7, 11) is 1.68. The monoisotopic (exact) mass is 346 g/mol. The number of amides is 1. The Morgan fingerprint density at radius 2 is 2.16 bits per heavy atom. The summed E-state index contributed by atoms with van der Waals surface area (Å²) in [5, 5.41) is 18.4. The van der Waals surface area contributed by atoms with E-state index in [1.54, 1.807) is 32.4 Å². The van der Waals surface area contributed by atoms with Crippen molar-refractivity contribution in [2.45, 2.75) is 31.8 Å². The quantitative estimate of drug-likeness (QED) is 0.818. The maximum absolute atomic E-state index is 12.4. The molecule has 0 saturated carbocycles. The van der Waals surface area contributed by atoms with Gasteiger partial charge in [0.05, 0.1) is 25.1 Å². The van der Waals surface area contributed by atoms with Crippen LogP contribution in [0.1, 0.15) is 24.2 Å². The predicted octanol–water partition coefficient (Wildman–Crippen LogP) is 0.200. The van der Waals surface area contributed by atoms with Crippen LogP contribution in [0.4, 0.5) is 5.95 Å². The number of aryl methyl sites for hydroxylation is 1. The summed E-state index contributed by atoms with van der Waals surface area (Å²) < 4.78 is 4.62. The van der Waals surface area contributed by atoms with Crippen LogP contribution in [0.15, 0.2) is 23.1 Å². The number of β-amino-alcohol motifs (C(OH)–C–C–N with tert-alkyl or cyclic N) is 1. The lowest BCUT2D eigenvalue weighted by Crippen LogP contribution is -2.55. The Kier molecular flexibility index (Phi) is 4.93. The highest BCUT2D eigenvalue weighted by Gasteiger charge is 2.36.